The molecular formula is C21H20F3NO4. The summed E-state index contributed by atoms with van der Waals surface area (Å²) in [5.74, 6) is -1.29. The highest BCUT2D eigenvalue weighted by Gasteiger charge is 2.45. The van der Waals surface area contributed by atoms with E-state index in [1.807, 2.05) is 0 Å². The van der Waals surface area contributed by atoms with Crippen LogP contribution in [0.3, 0.4) is 0 Å². The molecule has 0 spiro atoms. The molecule has 0 radical (unpaired) electrons. The van der Waals surface area contributed by atoms with Gasteiger partial charge in [0, 0.05) is 5.56 Å². The fourth-order valence-corrected chi connectivity index (χ4v) is 3.24. The van der Waals surface area contributed by atoms with Crippen LogP contribution in [0, 0.1) is 0 Å². The molecule has 0 bridgehead atoms. The Morgan fingerprint density at radius 3 is 2.28 bits per heavy atom. The average molecular weight is 407 g/mol. The highest BCUT2D eigenvalue weighted by Crippen LogP contribution is 2.46. The number of hydrogen-bond donors (Lipinski definition) is 0. The van der Waals surface area contributed by atoms with Crippen molar-refractivity contribution < 1.29 is 32.2 Å². The summed E-state index contributed by atoms with van der Waals surface area (Å²) in [6.45, 7) is 4.82. The number of carbonyl (C=O) groups is 2. The van der Waals surface area contributed by atoms with E-state index < -0.39 is 35.3 Å². The predicted molar refractivity (Wildman–Crippen MR) is 100 cm³/mol. The van der Waals surface area contributed by atoms with Crippen molar-refractivity contribution in [3.63, 3.8) is 0 Å². The number of nitrogens with zero attached hydrogens (tertiary/aromatic N) is 1. The van der Waals surface area contributed by atoms with Crippen LogP contribution in [0.2, 0.25) is 0 Å². The van der Waals surface area contributed by atoms with Gasteiger partial charge in [-0.15, -0.1) is 0 Å². The molecule has 3 rings (SSSR count). The largest absolute Gasteiger partial charge is 0.496 e. The summed E-state index contributed by atoms with van der Waals surface area (Å²) >= 11 is 0. The van der Waals surface area contributed by atoms with Gasteiger partial charge in [0.1, 0.15) is 11.4 Å². The van der Waals surface area contributed by atoms with Gasteiger partial charge in [0.15, 0.2) is 0 Å². The molecule has 8 heteroatoms. The third-order valence-electron chi connectivity index (χ3n) is 4.40. The van der Waals surface area contributed by atoms with E-state index in [1.165, 1.54) is 13.2 Å². The third-order valence-corrected chi connectivity index (χ3v) is 4.40. The number of para-hydroxylation sites is 1. The number of ether oxygens (including phenoxy) is 2. The van der Waals surface area contributed by atoms with Crippen LogP contribution in [0.4, 0.5) is 23.7 Å². The van der Waals surface area contributed by atoms with Crippen molar-refractivity contribution in [2.24, 2.45) is 0 Å². The zero-order valence-corrected chi connectivity index (χ0v) is 16.3. The summed E-state index contributed by atoms with van der Waals surface area (Å²) in [5.41, 5.74) is -1.31. The smallest absolute Gasteiger partial charge is 0.421 e. The fourth-order valence-electron chi connectivity index (χ4n) is 3.24. The van der Waals surface area contributed by atoms with Crippen molar-refractivity contribution in [1.82, 2.24) is 0 Å². The molecule has 0 aliphatic carbocycles. The van der Waals surface area contributed by atoms with Gasteiger partial charge in [-0.25, -0.2) is 9.69 Å². The molecule has 1 aliphatic rings. The molecule has 154 valence electrons. The topological polar surface area (TPSA) is 55.8 Å². The number of amides is 2. The number of benzene rings is 2. The first-order valence-electron chi connectivity index (χ1n) is 8.85. The van der Waals surface area contributed by atoms with Crippen LogP contribution in [0.5, 0.6) is 5.75 Å². The molecule has 0 saturated heterocycles. The first kappa shape index (κ1) is 20.7. The lowest BCUT2D eigenvalue weighted by Gasteiger charge is -2.24. The second-order valence-electron chi connectivity index (χ2n) is 7.60. The van der Waals surface area contributed by atoms with Crippen LogP contribution in [0.15, 0.2) is 42.5 Å². The molecule has 2 amide bonds. The van der Waals surface area contributed by atoms with Crippen LogP contribution >= 0.6 is 0 Å². The van der Waals surface area contributed by atoms with E-state index in [1.54, 1.807) is 45.0 Å². The van der Waals surface area contributed by atoms with Crippen LogP contribution in [0.1, 0.15) is 43.4 Å². The maximum atomic E-state index is 13.3. The monoisotopic (exact) mass is 407 g/mol. The van der Waals surface area contributed by atoms with Gasteiger partial charge in [0.05, 0.1) is 24.3 Å². The zero-order valence-electron chi connectivity index (χ0n) is 16.3. The molecule has 1 heterocycles. The van der Waals surface area contributed by atoms with Crippen LogP contribution in [-0.4, -0.2) is 24.7 Å². The van der Waals surface area contributed by atoms with Gasteiger partial charge in [-0.05, 0) is 44.5 Å². The van der Waals surface area contributed by atoms with Crippen molar-refractivity contribution in [3.05, 3.63) is 59.2 Å². The van der Waals surface area contributed by atoms with Crippen molar-refractivity contribution in [3.8, 4) is 5.75 Å². The molecule has 0 fully saturated rings. The molecule has 5 nitrogen and oxygen atoms in total. The van der Waals surface area contributed by atoms with Gasteiger partial charge in [-0.2, -0.15) is 13.2 Å². The van der Waals surface area contributed by atoms with Crippen molar-refractivity contribution in [2.45, 2.75) is 38.5 Å². The van der Waals surface area contributed by atoms with Gasteiger partial charge in [-0.3, -0.25) is 4.79 Å². The van der Waals surface area contributed by atoms with E-state index in [0.29, 0.717) is 16.2 Å². The Bertz CT molecular complexity index is 963. The molecule has 0 unspecified atom stereocenters. The summed E-state index contributed by atoms with van der Waals surface area (Å²) in [4.78, 5) is 26.6. The number of fused-ring (bicyclic) bond motifs is 1. The van der Waals surface area contributed by atoms with Gasteiger partial charge < -0.3 is 9.47 Å². The lowest BCUT2D eigenvalue weighted by atomic mass is 9.91. The lowest BCUT2D eigenvalue weighted by molar-refractivity contribution is -0.137. The summed E-state index contributed by atoms with van der Waals surface area (Å²) in [7, 11) is 1.43. The predicted octanol–water partition coefficient (Wildman–Crippen LogP) is 5.13. The highest BCUT2D eigenvalue weighted by molar-refractivity contribution is 6.20. The van der Waals surface area contributed by atoms with E-state index in [-0.39, 0.29) is 11.3 Å². The summed E-state index contributed by atoms with van der Waals surface area (Å²) in [6.07, 6.45) is -5.65. The fraction of sp³-hybridized carbons (Fsp3) is 0.333. The lowest BCUT2D eigenvalue weighted by Crippen LogP contribution is -2.39. The molecule has 2 aromatic carbocycles. The number of rotatable bonds is 2. The zero-order chi connectivity index (χ0) is 21.6. The second-order valence-corrected chi connectivity index (χ2v) is 7.60. The summed E-state index contributed by atoms with van der Waals surface area (Å²) < 4.78 is 50.3. The molecule has 0 saturated carbocycles. The highest BCUT2D eigenvalue weighted by atomic mass is 19.4. The number of alkyl halides is 3. The number of methoxy groups -OCH3 is 1. The number of carbonyl (C=O) groups excluding carboxylic acids is 2. The minimum absolute atomic E-state index is 0.144. The van der Waals surface area contributed by atoms with E-state index in [2.05, 4.69) is 0 Å². The Balaban J connectivity index is 2.18. The maximum Gasteiger partial charge on any atom is 0.421 e. The molecule has 0 N–H and O–H groups in total. The van der Waals surface area contributed by atoms with Crippen LogP contribution in [-0.2, 0) is 15.7 Å². The number of anilines is 1. The van der Waals surface area contributed by atoms with Gasteiger partial charge in [0.2, 0.25) is 5.91 Å². The molecule has 1 atom stereocenters. The third kappa shape index (κ3) is 3.92. The molecular weight excluding hydrogens is 387 g/mol. The molecule has 2 aromatic rings. The van der Waals surface area contributed by atoms with Crippen LogP contribution in [0.25, 0.3) is 0 Å². The van der Waals surface area contributed by atoms with Crippen molar-refractivity contribution in [2.75, 3.05) is 12.0 Å². The average Bonchev–Trinajstić information content (AvgIpc) is 2.90. The first-order chi connectivity index (χ1) is 13.4. The number of hydrogen-bond acceptors (Lipinski definition) is 4. The Kier molecular flexibility index (Phi) is 5.06. The SMILES string of the molecule is COc1ccccc1[C@H]1C(=O)N(C(=O)OC(C)(C)C)c2cc(C(F)(F)F)ccc21. The van der Waals surface area contributed by atoms with Crippen LogP contribution < -0.4 is 9.64 Å². The van der Waals surface area contributed by atoms with Crippen molar-refractivity contribution >= 4 is 17.7 Å². The van der Waals surface area contributed by atoms with Crippen molar-refractivity contribution in [1.29, 1.82) is 0 Å². The van der Waals surface area contributed by atoms with Gasteiger partial charge in [-0.1, -0.05) is 24.3 Å². The van der Waals surface area contributed by atoms with E-state index in [0.717, 1.165) is 12.1 Å². The quantitative estimate of drug-likeness (QED) is 0.693. The Hall–Kier alpha value is -3.03. The maximum absolute atomic E-state index is 13.3. The van der Waals surface area contributed by atoms with Gasteiger partial charge >= 0.3 is 12.3 Å². The minimum atomic E-state index is -4.62. The minimum Gasteiger partial charge on any atom is -0.496 e. The summed E-state index contributed by atoms with van der Waals surface area (Å²) in [6, 6.07) is 9.59. The Morgan fingerprint density at radius 1 is 1.03 bits per heavy atom. The standard InChI is InChI=1S/C21H20F3NO4/c1-20(2,3)29-19(27)25-15-11-12(21(22,23)24)9-10-13(15)17(18(25)26)14-7-5-6-8-16(14)28-4/h5-11,17H,1-4H3/t17-/m0/s1. The molecule has 1 aliphatic heterocycles. The second kappa shape index (κ2) is 7.09. The number of imide groups is 1. The Morgan fingerprint density at radius 2 is 1.69 bits per heavy atom. The van der Waals surface area contributed by atoms with E-state index >= 15 is 0 Å². The van der Waals surface area contributed by atoms with Gasteiger partial charge in [0.25, 0.3) is 0 Å². The molecule has 29 heavy (non-hydrogen) atoms. The Labute approximate surface area is 166 Å². The number of halogens is 3. The normalized spacial score (nSPS) is 16.6. The van der Waals surface area contributed by atoms with E-state index in [9.17, 15) is 22.8 Å². The van der Waals surface area contributed by atoms with E-state index in [4.69, 9.17) is 9.47 Å². The summed E-state index contributed by atoms with van der Waals surface area (Å²) in [5, 5.41) is 0. The molecule has 0 aromatic heterocycles. The first-order valence-corrected chi connectivity index (χ1v) is 8.85.